The van der Waals surface area contributed by atoms with Crippen molar-refractivity contribution in [1.29, 1.82) is 0 Å². The average molecular weight is 466 g/mol. The first-order valence-corrected chi connectivity index (χ1v) is 11.8. The van der Waals surface area contributed by atoms with Gasteiger partial charge in [-0.1, -0.05) is 6.07 Å². The number of hydrogen-bond acceptors (Lipinski definition) is 7. The van der Waals surface area contributed by atoms with E-state index < -0.39 is 6.10 Å². The van der Waals surface area contributed by atoms with Crippen LogP contribution in [0.2, 0.25) is 0 Å². The van der Waals surface area contributed by atoms with E-state index in [0.717, 1.165) is 27.5 Å². The first-order valence-electron chi connectivity index (χ1n) is 11.8. The van der Waals surface area contributed by atoms with E-state index in [2.05, 4.69) is 57.4 Å². The Morgan fingerprint density at radius 2 is 1.91 bits per heavy atom. The molecule has 0 radical (unpaired) electrons. The molecule has 4 aromatic heterocycles. The number of nitrogens with one attached hydrogen (secondary N) is 1. The second-order valence-electron chi connectivity index (χ2n) is 9.34. The predicted molar refractivity (Wildman–Crippen MR) is 136 cm³/mol. The van der Waals surface area contributed by atoms with Gasteiger partial charge in [0, 0.05) is 36.6 Å². The van der Waals surface area contributed by atoms with Gasteiger partial charge >= 0.3 is 0 Å². The molecule has 0 amide bonds. The summed E-state index contributed by atoms with van der Waals surface area (Å²) < 4.78 is 1.99. The third-order valence-electron chi connectivity index (χ3n) is 6.95. The molecule has 0 bridgehead atoms. The van der Waals surface area contributed by atoms with Crippen molar-refractivity contribution in [3.05, 3.63) is 88.9 Å². The lowest BCUT2D eigenvalue weighted by Gasteiger charge is -2.15. The maximum Gasteiger partial charge on any atom is 0.140 e. The summed E-state index contributed by atoms with van der Waals surface area (Å²) in [7, 11) is 0. The molecule has 1 unspecified atom stereocenters. The van der Waals surface area contributed by atoms with Crippen molar-refractivity contribution in [1.82, 2.24) is 24.3 Å². The summed E-state index contributed by atoms with van der Waals surface area (Å²) in [6.45, 7) is 4.75. The van der Waals surface area contributed by atoms with Crippen LogP contribution in [0.15, 0.2) is 55.2 Å². The molecule has 0 saturated heterocycles. The van der Waals surface area contributed by atoms with E-state index in [9.17, 15) is 5.11 Å². The molecular formula is C27H27N7O. The number of aromatic nitrogens is 5. The zero-order chi connectivity index (χ0) is 24.1. The molecule has 4 heterocycles. The Hall–Kier alpha value is -4.04. The van der Waals surface area contributed by atoms with Gasteiger partial charge in [0.2, 0.25) is 0 Å². The summed E-state index contributed by atoms with van der Waals surface area (Å²) in [6.07, 6.45) is 8.74. The number of nitrogens with two attached hydrogens (primary N) is 1. The SMILES string of the molecule is Cc1cc2c(N)nccc2c(C)c1CNc1cc(C(O)c2cn3cc(C4CC4)ccc3n2)ncn1. The zero-order valence-electron chi connectivity index (χ0n) is 19.7. The Morgan fingerprint density at radius 1 is 1.06 bits per heavy atom. The van der Waals surface area contributed by atoms with Gasteiger partial charge in [0.1, 0.15) is 29.7 Å². The second-order valence-corrected chi connectivity index (χ2v) is 9.34. The van der Waals surface area contributed by atoms with Gasteiger partial charge in [-0.3, -0.25) is 0 Å². The molecule has 1 saturated carbocycles. The smallest absolute Gasteiger partial charge is 0.140 e. The van der Waals surface area contributed by atoms with E-state index in [1.165, 1.54) is 30.3 Å². The first-order chi connectivity index (χ1) is 17.0. The predicted octanol–water partition coefficient (Wildman–Crippen LogP) is 4.44. The summed E-state index contributed by atoms with van der Waals surface area (Å²) in [5.41, 5.74) is 12.7. The van der Waals surface area contributed by atoms with Crippen LogP contribution in [0.25, 0.3) is 16.4 Å². The molecule has 0 aliphatic heterocycles. The standard InChI is InChI=1S/C27H27N7O/c1-15-9-20-19(7-8-29-27(20)28)16(2)21(15)11-30-24-10-22(31-14-32-24)26(35)23-13-34-12-18(17-3-4-17)5-6-25(34)33-23/h5-10,12-14,17,26,35H,3-4,11H2,1-2H3,(H2,28,29)(H,30,31,32). The minimum atomic E-state index is -0.942. The maximum atomic E-state index is 11.0. The molecule has 0 spiro atoms. The lowest BCUT2D eigenvalue weighted by molar-refractivity contribution is 0.211. The molecule has 1 atom stereocenters. The number of fused-ring (bicyclic) bond motifs is 2. The van der Waals surface area contributed by atoms with Crippen molar-refractivity contribution in [2.75, 3.05) is 11.1 Å². The van der Waals surface area contributed by atoms with Crippen molar-refractivity contribution in [3.8, 4) is 0 Å². The number of hydrogen-bond donors (Lipinski definition) is 3. The fourth-order valence-corrected chi connectivity index (χ4v) is 4.77. The summed E-state index contributed by atoms with van der Waals surface area (Å²) in [6, 6.07) is 9.98. The number of aliphatic hydroxyl groups is 1. The number of rotatable bonds is 6. The molecular weight excluding hydrogens is 438 g/mol. The number of benzene rings is 1. The Morgan fingerprint density at radius 3 is 2.74 bits per heavy atom. The van der Waals surface area contributed by atoms with Gasteiger partial charge in [0.25, 0.3) is 0 Å². The summed E-state index contributed by atoms with van der Waals surface area (Å²) in [5.74, 6) is 1.84. The largest absolute Gasteiger partial charge is 0.383 e. The van der Waals surface area contributed by atoms with Crippen molar-refractivity contribution in [2.45, 2.75) is 45.3 Å². The minimum Gasteiger partial charge on any atom is -0.383 e. The lowest BCUT2D eigenvalue weighted by Crippen LogP contribution is -2.08. The van der Waals surface area contributed by atoms with Crippen molar-refractivity contribution < 1.29 is 5.11 Å². The number of imidazole rings is 1. The van der Waals surface area contributed by atoms with Crippen molar-refractivity contribution in [2.24, 2.45) is 0 Å². The highest BCUT2D eigenvalue weighted by Gasteiger charge is 2.24. The molecule has 6 rings (SSSR count). The molecule has 1 aliphatic carbocycles. The number of pyridine rings is 2. The molecule has 5 aromatic rings. The van der Waals surface area contributed by atoms with E-state index >= 15 is 0 Å². The van der Waals surface area contributed by atoms with Crippen LogP contribution in [0.3, 0.4) is 0 Å². The maximum absolute atomic E-state index is 11.0. The number of nitrogens with zero attached hydrogens (tertiary/aromatic N) is 5. The van der Waals surface area contributed by atoms with E-state index in [4.69, 9.17) is 5.73 Å². The Labute approximate surface area is 202 Å². The third-order valence-corrected chi connectivity index (χ3v) is 6.95. The number of aryl methyl sites for hydroxylation is 2. The molecule has 1 fully saturated rings. The van der Waals surface area contributed by atoms with Crippen LogP contribution >= 0.6 is 0 Å². The highest BCUT2D eigenvalue weighted by atomic mass is 16.3. The molecule has 8 heteroatoms. The van der Waals surface area contributed by atoms with Crippen LogP contribution in [0.5, 0.6) is 0 Å². The normalized spacial score (nSPS) is 14.5. The second kappa shape index (κ2) is 8.32. The van der Waals surface area contributed by atoms with Crippen LogP contribution in [0.4, 0.5) is 11.6 Å². The summed E-state index contributed by atoms with van der Waals surface area (Å²) in [5, 5.41) is 16.5. The minimum absolute atomic E-state index is 0.499. The molecule has 8 nitrogen and oxygen atoms in total. The van der Waals surface area contributed by atoms with E-state index in [1.807, 2.05) is 22.7 Å². The van der Waals surface area contributed by atoms with Gasteiger partial charge in [-0.15, -0.1) is 0 Å². The van der Waals surface area contributed by atoms with Crippen LogP contribution in [0.1, 0.15) is 58.5 Å². The summed E-state index contributed by atoms with van der Waals surface area (Å²) >= 11 is 0. The van der Waals surface area contributed by atoms with Gasteiger partial charge in [-0.25, -0.2) is 19.9 Å². The van der Waals surface area contributed by atoms with Crippen LogP contribution in [0, 0.1) is 13.8 Å². The molecule has 1 aliphatic rings. The topological polar surface area (TPSA) is 114 Å². The molecule has 176 valence electrons. The van der Waals surface area contributed by atoms with Crippen LogP contribution in [-0.2, 0) is 6.54 Å². The van der Waals surface area contributed by atoms with E-state index in [-0.39, 0.29) is 0 Å². The molecule has 4 N–H and O–H groups in total. The van der Waals surface area contributed by atoms with Gasteiger partial charge in [0.05, 0.1) is 11.4 Å². The van der Waals surface area contributed by atoms with E-state index in [0.29, 0.717) is 35.5 Å². The van der Waals surface area contributed by atoms with E-state index in [1.54, 1.807) is 12.3 Å². The van der Waals surface area contributed by atoms with Gasteiger partial charge in [-0.2, -0.15) is 0 Å². The number of anilines is 2. The van der Waals surface area contributed by atoms with Crippen molar-refractivity contribution in [3.63, 3.8) is 0 Å². The Kier molecular flexibility index (Phi) is 5.11. The summed E-state index contributed by atoms with van der Waals surface area (Å²) in [4.78, 5) is 17.5. The van der Waals surface area contributed by atoms with Crippen molar-refractivity contribution >= 4 is 28.1 Å². The highest BCUT2D eigenvalue weighted by Crippen LogP contribution is 2.40. The Bertz CT molecular complexity index is 1570. The number of nitrogen functional groups attached to an aromatic ring is 1. The molecule has 35 heavy (non-hydrogen) atoms. The Balaban J connectivity index is 1.24. The fraction of sp³-hybridized carbons (Fsp3) is 0.259. The first kappa shape index (κ1) is 21.5. The molecule has 1 aromatic carbocycles. The van der Waals surface area contributed by atoms with Gasteiger partial charge in [0.15, 0.2) is 0 Å². The average Bonchev–Trinajstić information content (AvgIpc) is 3.63. The lowest BCUT2D eigenvalue weighted by atomic mass is 9.96. The highest BCUT2D eigenvalue weighted by molar-refractivity contribution is 5.94. The fourth-order valence-electron chi connectivity index (χ4n) is 4.77. The van der Waals surface area contributed by atoms with Crippen LogP contribution in [-0.4, -0.2) is 29.4 Å². The number of aliphatic hydroxyl groups excluding tert-OH is 1. The van der Waals surface area contributed by atoms with Crippen LogP contribution < -0.4 is 11.1 Å². The zero-order valence-corrected chi connectivity index (χ0v) is 19.7. The third kappa shape index (κ3) is 3.95. The monoisotopic (exact) mass is 465 g/mol. The quantitative estimate of drug-likeness (QED) is 0.340. The van der Waals surface area contributed by atoms with Gasteiger partial charge < -0.3 is 20.6 Å². The van der Waals surface area contributed by atoms with Gasteiger partial charge in [-0.05, 0) is 78.4 Å².